The molecule has 0 aromatic heterocycles. The van der Waals surface area contributed by atoms with Crippen molar-refractivity contribution in [1.29, 1.82) is 0 Å². The zero-order chi connectivity index (χ0) is 14.1. The highest BCUT2D eigenvalue weighted by Crippen LogP contribution is 2.15. The molecule has 0 radical (unpaired) electrons. The largest absolute Gasteiger partial charge is 0.484 e. The smallest absolute Gasteiger partial charge is 0.257 e. The maximum atomic E-state index is 11.5. The van der Waals surface area contributed by atoms with Gasteiger partial charge in [-0.05, 0) is 43.0 Å². The molecule has 1 amide bonds. The molecule has 5 heteroatoms. The van der Waals surface area contributed by atoms with Crippen LogP contribution in [0.5, 0.6) is 5.75 Å². The quantitative estimate of drug-likeness (QED) is 0.720. The van der Waals surface area contributed by atoms with Crippen molar-refractivity contribution < 1.29 is 14.6 Å². The van der Waals surface area contributed by atoms with Crippen molar-refractivity contribution >= 4 is 21.8 Å². The Kier molecular flexibility index (Phi) is 7.52. The molecule has 1 aromatic carbocycles. The van der Waals surface area contributed by atoms with E-state index >= 15 is 0 Å². The molecule has 0 spiro atoms. The van der Waals surface area contributed by atoms with Crippen LogP contribution in [0.2, 0.25) is 0 Å². The maximum absolute atomic E-state index is 11.5. The molecule has 2 N–H and O–H groups in total. The SMILES string of the molecule is CC(CO)CCCNC(=O)COc1ccc(Br)cc1. The van der Waals surface area contributed by atoms with E-state index < -0.39 is 0 Å². The lowest BCUT2D eigenvalue weighted by molar-refractivity contribution is -0.123. The molecule has 1 rings (SSSR count). The van der Waals surface area contributed by atoms with Crippen LogP contribution in [0.25, 0.3) is 0 Å². The fourth-order valence-corrected chi connectivity index (χ4v) is 1.76. The van der Waals surface area contributed by atoms with Crippen LogP contribution in [0.4, 0.5) is 0 Å². The number of carbonyl (C=O) groups excluding carboxylic acids is 1. The van der Waals surface area contributed by atoms with Crippen LogP contribution in [0.1, 0.15) is 19.8 Å². The highest BCUT2D eigenvalue weighted by molar-refractivity contribution is 9.10. The summed E-state index contributed by atoms with van der Waals surface area (Å²) in [6.07, 6.45) is 1.77. The Balaban J connectivity index is 2.12. The summed E-state index contributed by atoms with van der Waals surface area (Å²) >= 11 is 3.33. The highest BCUT2D eigenvalue weighted by Gasteiger charge is 2.03. The predicted molar refractivity (Wildman–Crippen MR) is 78.1 cm³/mol. The van der Waals surface area contributed by atoms with Crippen LogP contribution < -0.4 is 10.1 Å². The lowest BCUT2D eigenvalue weighted by Gasteiger charge is -2.09. The minimum absolute atomic E-state index is 0.0250. The molecule has 0 aliphatic carbocycles. The van der Waals surface area contributed by atoms with Gasteiger partial charge in [0.1, 0.15) is 5.75 Å². The summed E-state index contributed by atoms with van der Waals surface area (Å²) in [7, 11) is 0. The van der Waals surface area contributed by atoms with Gasteiger partial charge in [0.2, 0.25) is 0 Å². The summed E-state index contributed by atoms with van der Waals surface area (Å²) in [5.41, 5.74) is 0. The number of carbonyl (C=O) groups is 1. The number of hydrogen-bond donors (Lipinski definition) is 2. The highest BCUT2D eigenvalue weighted by atomic mass is 79.9. The zero-order valence-electron chi connectivity index (χ0n) is 11.1. The number of aliphatic hydroxyl groups is 1. The number of ether oxygens (including phenoxy) is 1. The number of nitrogens with one attached hydrogen (secondary N) is 1. The molecule has 0 heterocycles. The molecule has 4 nitrogen and oxygen atoms in total. The van der Waals surface area contributed by atoms with E-state index in [1.54, 1.807) is 12.1 Å². The molecule has 106 valence electrons. The van der Waals surface area contributed by atoms with Gasteiger partial charge in [0.05, 0.1) is 0 Å². The first-order valence-corrected chi connectivity index (χ1v) is 7.17. The van der Waals surface area contributed by atoms with Crippen molar-refractivity contribution in [2.24, 2.45) is 5.92 Å². The van der Waals surface area contributed by atoms with Crippen LogP contribution in [-0.2, 0) is 4.79 Å². The van der Waals surface area contributed by atoms with E-state index in [-0.39, 0.29) is 25.0 Å². The molecule has 1 unspecified atom stereocenters. The molecule has 0 bridgehead atoms. The molecular formula is C14H20BrNO3. The Morgan fingerprint density at radius 1 is 1.42 bits per heavy atom. The standard InChI is InChI=1S/C14H20BrNO3/c1-11(9-17)3-2-8-16-14(18)10-19-13-6-4-12(15)5-7-13/h4-7,11,17H,2-3,8-10H2,1H3,(H,16,18). The van der Waals surface area contributed by atoms with Crippen LogP contribution in [0, 0.1) is 5.92 Å². The summed E-state index contributed by atoms with van der Waals surface area (Å²) in [5, 5.41) is 11.7. The lowest BCUT2D eigenvalue weighted by Crippen LogP contribution is -2.29. The third kappa shape index (κ3) is 7.18. The zero-order valence-corrected chi connectivity index (χ0v) is 12.6. The second-order valence-corrected chi connectivity index (χ2v) is 5.44. The number of rotatable bonds is 8. The van der Waals surface area contributed by atoms with Gasteiger partial charge in [-0.25, -0.2) is 0 Å². The first-order valence-electron chi connectivity index (χ1n) is 6.37. The van der Waals surface area contributed by atoms with Gasteiger partial charge in [-0.15, -0.1) is 0 Å². The van der Waals surface area contributed by atoms with Crippen LogP contribution in [-0.4, -0.2) is 30.8 Å². The Labute approximate surface area is 122 Å². The van der Waals surface area contributed by atoms with E-state index in [0.29, 0.717) is 12.3 Å². The van der Waals surface area contributed by atoms with Gasteiger partial charge in [0.15, 0.2) is 6.61 Å². The van der Waals surface area contributed by atoms with Crippen molar-refractivity contribution in [2.75, 3.05) is 19.8 Å². The molecule has 0 saturated heterocycles. The van der Waals surface area contributed by atoms with Crippen LogP contribution in [0.15, 0.2) is 28.7 Å². The minimum Gasteiger partial charge on any atom is -0.484 e. The third-order valence-electron chi connectivity index (χ3n) is 2.69. The summed E-state index contributed by atoms with van der Waals surface area (Å²) < 4.78 is 6.32. The van der Waals surface area contributed by atoms with Gasteiger partial charge in [-0.3, -0.25) is 4.79 Å². The monoisotopic (exact) mass is 329 g/mol. The summed E-state index contributed by atoms with van der Waals surface area (Å²) in [4.78, 5) is 11.5. The van der Waals surface area contributed by atoms with Gasteiger partial charge >= 0.3 is 0 Å². The van der Waals surface area contributed by atoms with E-state index in [9.17, 15) is 4.79 Å². The Hall–Kier alpha value is -1.07. The third-order valence-corrected chi connectivity index (χ3v) is 3.22. The van der Waals surface area contributed by atoms with Gasteiger partial charge in [0, 0.05) is 17.6 Å². The Morgan fingerprint density at radius 2 is 2.11 bits per heavy atom. The van der Waals surface area contributed by atoms with E-state index in [0.717, 1.165) is 17.3 Å². The molecular weight excluding hydrogens is 310 g/mol. The van der Waals surface area contributed by atoms with Crippen molar-refractivity contribution in [2.45, 2.75) is 19.8 Å². The lowest BCUT2D eigenvalue weighted by atomic mass is 10.1. The van der Waals surface area contributed by atoms with E-state index in [1.807, 2.05) is 19.1 Å². The minimum atomic E-state index is -0.125. The molecule has 1 aromatic rings. The molecule has 0 aliphatic heterocycles. The van der Waals surface area contributed by atoms with Crippen molar-refractivity contribution in [1.82, 2.24) is 5.32 Å². The van der Waals surface area contributed by atoms with Crippen molar-refractivity contribution in [3.8, 4) is 5.75 Å². The van der Waals surface area contributed by atoms with E-state index in [1.165, 1.54) is 0 Å². The first kappa shape index (κ1) is 16.0. The number of hydrogen-bond acceptors (Lipinski definition) is 3. The van der Waals surface area contributed by atoms with Gasteiger partial charge in [-0.1, -0.05) is 22.9 Å². The number of amides is 1. The average Bonchev–Trinajstić information content (AvgIpc) is 2.42. The number of benzene rings is 1. The number of halogens is 1. The summed E-state index contributed by atoms with van der Waals surface area (Å²) in [6, 6.07) is 7.34. The molecule has 0 saturated carbocycles. The van der Waals surface area contributed by atoms with E-state index in [4.69, 9.17) is 9.84 Å². The summed E-state index contributed by atoms with van der Waals surface area (Å²) in [5.74, 6) is 0.836. The first-order chi connectivity index (χ1) is 9.11. The van der Waals surface area contributed by atoms with Crippen LogP contribution in [0.3, 0.4) is 0 Å². The second kappa shape index (κ2) is 8.93. The molecule has 0 aliphatic rings. The topological polar surface area (TPSA) is 58.6 Å². The molecule has 19 heavy (non-hydrogen) atoms. The van der Waals surface area contributed by atoms with Gasteiger partial charge in [-0.2, -0.15) is 0 Å². The predicted octanol–water partition coefficient (Wildman–Crippen LogP) is 2.35. The van der Waals surface area contributed by atoms with E-state index in [2.05, 4.69) is 21.2 Å². The van der Waals surface area contributed by atoms with Crippen LogP contribution >= 0.6 is 15.9 Å². The Morgan fingerprint density at radius 3 is 2.74 bits per heavy atom. The average molecular weight is 330 g/mol. The summed E-state index contributed by atoms with van der Waals surface area (Å²) in [6.45, 7) is 2.82. The van der Waals surface area contributed by atoms with Gasteiger partial charge < -0.3 is 15.2 Å². The van der Waals surface area contributed by atoms with Crippen molar-refractivity contribution in [3.05, 3.63) is 28.7 Å². The Bertz CT molecular complexity index is 381. The normalized spacial score (nSPS) is 11.9. The molecule has 0 fully saturated rings. The fraction of sp³-hybridized carbons (Fsp3) is 0.500. The second-order valence-electron chi connectivity index (χ2n) is 4.52. The number of aliphatic hydroxyl groups excluding tert-OH is 1. The van der Waals surface area contributed by atoms with Gasteiger partial charge in [0.25, 0.3) is 5.91 Å². The van der Waals surface area contributed by atoms with Crippen molar-refractivity contribution in [3.63, 3.8) is 0 Å². The maximum Gasteiger partial charge on any atom is 0.257 e. The fourth-order valence-electron chi connectivity index (χ4n) is 1.50. The molecule has 1 atom stereocenters.